The normalized spacial score (nSPS) is 15.9. The number of benzene rings is 1. The predicted octanol–water partition coefficient (Wildman–Crippen LogP) is 1.27. The van der Waals surface area contributed by atoms with Gasteiger partial charge in [-0.25, -0.2) is 8.93 Å². The highest BCUT2D eigenvalue weighted by atomic mass is 32.2. The number of aromatic hydroxyl groups is 1. The van der Waals surface area contributed by atoms with Gasteiger partial charge in [0.25, 0.3) is 0 Å². The number of nitrogens with one attached hydrogen (secondary N) is 1. The molecule has 0 spiro atoms. The molecule has 6 nitrogen and oxygen atoms in total. The lowest BCUT2D eigenvalue weighted by Gasteiger charge is -2.22. The van der Waals surface area contributed by atoms with E-state index in [1.54, 1.807) is 6.92 Å². The molecule has 0 radical (unpaired) electrons. The van der Waals surface area contributed by atoms with Crippen molar-refractivity contribution in [3.8, 4) is 5.75 Å². The Morgan fingerprint density at radius 2 is 1.94 bits per heavy atom. The Labute approximate surface area is 107 Å². The minimum absolute atomic E-state index is 0.0472. The molecule has 0 heterocycles. The van der Waals surface area contributed by atoms with Gasteiger partial charge in [0, 0.05) is 0 Å². The molecular formula is C11H15NO5S. The summed E-state index contributed by atoms with van der Waals surface area (Å²) in [5.74, 6) is -1.83. The first-order valence-corrected chi connectivity index (χ1v) is 6.45. The van der Waals surface area contributed by atoms with Crippen LogP contribution in [-0.2, 0) is 16.1 Å². The van der Waals surface area contributed by atoms with Gasteiger partial charge in [-0.05, 0) is 24.1 Å². The molecule has 1 aromatic carbocycles. The molecule has 0 aliphatic carbocycles. The van der Waals surface area contributed by atoms with E-state index in [4.69, 9.17) is 9.66 Å². The van der Waals surface area contributed by atoms with Crippen LogP contribution in [0.2, 0.25) is 0 Å². The number of rotatable bonds is 6. The van der Waals surface area contributed by atoms with Crippen molar-refractivity contribution in [1.29, 1.82) is 0 Å². The van der Waals surface area contributed by atoms with Crippen LogP contribution in [0.25, 0.3) is 0 Å². The number of phenols is 1. The summed E-state index contributed by atoms with van der Waals surface area (Å²) in [6.07, 6.45) is 0.311. The van der Waals surface area contributed by atoms with Crippen LogP contribution in [0.5, 0.6) is 5.75 Å². The van der Waals surface area contributed by atoms with Crippen molar-refractivity contribution >= 4 is 17.2 Å². The molecule has 0 amide bonds. The van der Waals surface area contributed by atoms with Crippen LogP contribution in [0.15, 0.2) is 24.3 Å². The van der Waals surface area contributed by atoms with Gasteiger partial charge in [0.15, 0.2) is 0 Å². The Bertz CT molecular complexity index is 434. The van der Waals surface area contributed by atoms with Gasteiger partial charge in [-0.1, -0.05) is 19.1 Å². The van der Waals surface area contributed by atoms with Crippen molar-refractivity contribution in [3.63, 3.8) is 0 Å². The molecule has 0 fully saturated rings. The van der Waals surface area contributed by atoms with Crippen LogP contribution in [0, 0.1) is 5.92 Å². The molecule has 0 saturated carbocycles. The molecule has 3 atom stereocenters. The van der Waals surface area contributed by atoms with Crippen LogP contribution >= 0.6 is 0 Å². The maximum absolute atomic E-state index is 11.1. The fourth-order valence-corrected chi connectivity index (χ4v) is 2.24. The first-order chi connectivity index (χ1) is 8.45. The van der Waals surface area contributed by atoms with Crippen LogP contribution < -0.4 is 4.72 Å². The summed E-state index contributed by atoms with van der Waals surface area (Å²) in [6.45, 7) is 1.69. The number of aliphatic carboxylic acids is 1. The van der Waals surface area contributed by atoms with Gasteiger partial charge >= 0.3 is 5.97 Å². The molecular weight excluding hydrogens is 258 g/mol. The highest BCUT2D eigenvalue weighted by Crippen LogP contribution is 2.26. The Morgan fingerprint density at radius 1 is 1.39 bits per heavy atom. The summed E-state index contributed by atoms with van der Waals surface area (Å²) in [7, 11) is 0. The second-order valence-corrected chi connectivity index (χ2v) is 4.52. The van der Waals surface area contributed by atoms with E-state index in [9.17, 15) is 14.1 Å². The van der Waals surface area contributed by atoms with Gasteiger partial charge in [0.05, 0.1) is 12.0 Å². The Balaban J connectivity index is 3.07. The standard InChI is InChI=1S/C11H15NO5S/c1-2-9(11(14)15)10(12-18(16)17)7-3-5-8(13)6-4-7/h3-6,9-10,12-13H,2H2,1H3,(H,14,15)(H,16,17). The van der Waals surface area contributed by atoms with Crippen molar-refractivity contribution in [3.05, 3.63) is 29.8 Å². The van der Waals surface area contributed by atoms with Crippen molar-refractivity contribution in [2.45, 2.75) is 19.4 Å². The van der Waals surface area contributed by atoms with Crippen molar-refractivity contribution in [2.75, 3.05) is 0 Å². The van der Waals surface area contributed by atoms with Crippen molar-refractivity contribution in [2.24, 2.45) is 5.92 Å². The van der Waals surface area contributed by atoms with E-state index >= 15 is 0 Å². The maximum atomic E-state index is 11.1. The molecule has 4 N–H and O–H groups in total. The predicted molar refractivity (Wildman–Crippen MR) is 66.2 cm³/mol. The molecule has 18 heavy (non-hydrogen) atoms. The largest absolute Gasteiger partial charge is 0.508 e. The molecule has 7 heteroatoms. The summed E-state index contributed by atoms with van der Waals surface area (Å²) in [5, 5.41) is 18.3. The molecule has 0 bridgehead atoms. The van der Waals surface area contributed by atoms with Gasteiger partial charge < -0.3 is 10.2 Å². The highest BCUT2D eigenvalue weighted by Gasteiger charge is 2.29. The third-order valence-electron chi connectivity index (χ3n) is 2.64. The monoisotopic (exact) mass is 273 g/mol. The quantitative estimate of drug-likeness (QED) is 0.584. The van der Waals surface area contributed by atoms with E-state index in [1.165, 1.54) is 24.3 Å². The van der Waals surface area contributed by atoms with E-state index in [-0.39, 0.29) is 5.75 Å². The molecule has 0 saturated heterocycles. The molecule has 1 rings (SSSR count). The number of phenolic OH excluding ortho intramolecular Hbond substituents is 1. The van der Waals surface area contributed by atoms with Gasteiger partial charge in [-0.15, -0.1) is 0 Å². The van der Waals surface area contributed by atoms with E-state index in [0.717, 1.165) is 0 Å². The number of hydrogen-bond donors (Lipinski definition) is 4. The summed E-state index contributed by atoms with van der Waals surface area (Å²) in [4.78, 5) is 11.1. The zero-order valence-corrected chi connectivity index (χ0v) is 10.6. The molecule has 0 aliphatic rings. The fourth-order valence-electron chi connectivity index (χ4n) is 1.73. The Morgan fingerprint density at radius 3 is 2.33 bits per heavy atom. The van der Waals surface area contributed by atoms with Crippen LogP contribution in [0.3, 0.4) is 0 Å². The summed E-state index contributed by atoms with van der Waals surface area (Å²) < 4.78 is 22.0. The zero-order chi connectivity index (χ0) is 13.7. The minimum Gasteiger partial charge on any atom is -0.508 e. The van der Waals surface area contributed by atoms with Crippen molar-refractivity contribution < 1.29 is 23.8 Å². The molecule has 0 aliphatic heterocycles. The molecule has 3 unspecified atom stereocenters. The lowest BCUT2D eigenvalue weighted by Crippen LogP contribution is -2.33. The van der Waals surface area contributed by atoms with Crippen LogP contribution in [0.1, 0.15) is 24.9 Å². The summed E-state index contributed by atoms with van der Waals surface area (Å²) >= 11 is -2.32. The summed E-state index contributed by atoms with van der Waals surface area (Å²) in [5.41, 5.74) is 0.532. The SMILES string of the molecule is CCC(C(=O)O)C(NS(=O)O)c1ccc(O)cc1. The lowest BCUT2D eigenvalue weighted by atomic mass is 9.92. The first kappa shape index (κ1) is 14.6. The zero-order valence-electron chi connectivity index (χ0n) is 9.74. The Kier molecular flexibility index (Phi) is 5.26. The minimum atomic E-state index is -2.32. The second kappa shape index (κ2) is 6.48. The smallest absolute Gasteiger partial charge is 0.308 e. The lowest BCUT2D eigenvalue weighted by molar-refractivity contribution is -0.142. The number of carbonyl (C=O) groups is 1. The average Bonchev–Trinajstić information content (AvgIpc) is 2.28. The maximum Gasteiger partial charge on any atom is 0.308 e. The number of hydrogen-bond acceptors (Lipinski definition) is 3. The van der Waals surface area contributed by atoms with E-state index in [0.29, 0.717) is 12.0 Å². The van der Waals surface area contributed by atoms with Gasteiger partial charge in [-0.2, -0.15) is 0 Å². The topological polar surface area (TPSA) is 107 Å². The number of carboxylic acid groups (broad SMARTS) is 1. The van der Waals surface area contributed by atoms with Crippen LogP contribution in [0.4, 0.5) is 0 Å². The van der Waals surface area contributed by atoms with E-state index in [2.05, 4.69) is 4.72 Å². The first-order valence-electron chi connectivity index (χ1n) is 5.34. The van der Waals surface area contributed by atoms with E-state index in [1.807, 2.05) is 0 Å². The van der Waals surface area contributed by atoms with Crippen molar-refractivity contribution in [1.82, 2.24) is 4.72 Å². The van der Waals surface area contributed by atoms with E-state index < -0.39 is 29.2 Å². The molecule has 0 aromatic heterocycles. The van der Waals surface area contributed by atoms with Gasteiger partial charge in [0.2, 0.25) is 11.3 Å². The fraction of sp³-hybridized carbons (Fsp3) is 0.364. The average molecular weight is 273 g/mol. The molecule has 100 valence electrons. The number of carboxylic acids is 1. The molecule has 1 aromatic rings. The Hall–Kier alpha value is -1.44. The highest BCUT2D eigenvalue weighted by molar-refractivity contribution is 7.77. The third kappa shape index (κ3) is 3.80. The van der Waals surface area contributed by atoms with Gasteiger partial charge in [0.1, 0.15) is 5.75 Å². The second-order valence-electron chi connectivity index (χ2n) is 3.79. The third-order valence-corrected chi connectivity index (χ3v) is 3.09. The van der Waals surface area contributed by atoms with Gasteiger partial charge in [-0.3, -0.25) is 9.35 Å². The van der Waals surface area contributed by atoms with Crippen LogP contribution in [-0.4, -0.2) is 24.9 Å². The summed E-state index contributed by atoms with van der Waals surface area (Å²) in [6, 6.07) is 5.05.